The van der Waals surface area contributed by atoms with Crippen LogP contribution >= 0.6 is 0 Å². The molecule has 1 heterocycles. The van der Waals surface area contributed by atoms with Crippen molar-refractivity contribution in [2.24, 2.45) is 5.73 Å². The van der Waals surface area contributed by atoms with Crippen LogP contribution in [0.5, 0.6) is 0 Å². The highest BCUT2D eigenvalue weighted by Crippen LogP contribution is 2.07. The first-order valence-electron chi connectivity index (χ1n) is 3.40. The molecule has 0 aliphatic rings. The van der Waals surface area contributed by atoms with Crippen LogP contribution in [0.1, 0.15) is 5.56 Å². The third-order valence-corrected chi connectivity index (χ3v) is 1.40. The van der Waals surface area contributed by atoms with Crippen molar-refractivity contribution in [2.75, 3.05) is 5.73 Å². The molecule has 0 aliphatic heterocycles. The van der Waals surface area contributed by atoms with Crippen LogP contribution in [-0.2, 0) is 6.42 Å². The lowest BCUT2D eigenvalue weighted by Crippen LogP contribution is -1.95. The summed E-state index contributed by atoms with van der Waals surface area (Å²) in [6.45, 7) is 0. The molecule has 0 atom stereocenters. The van der Waals surface area contributed by atoms with Crippen molar-refractivity contribution in [3.63, 3.8) is 0 Å². The van der Waals surface area contributed by atoms with Gasteiger partial charge in [-0.2, -0.15) is 0 Å². The summed E-state index contributed by atoms with van der Waals surface area (Å²) in [5.41, 5.74) is 11.8. The molecule has 0 amide bonds. The third kappa shape index (κ3) is 1.97. The summed E-state index contributed by atoms with van der Waals surface area (Å²) in [4.78, 5) is 3.94. The van der Waals surface area contributed by atoms with E-state index in [9.17, 15) is 0 Å². The molecule has 1 aromatic heterocycles. The molecule has 3 heteroatoms. The normalized spacial score (nSPS) is 10.5. The van der Waals surface area contributed by atoms with Gasteiger partial charge in [-0.15, -0.1) is 0 Å². The first-order valence-corrected chi connectivity index (χ1v) is 3.40. The molecule has 0 aliphatic carbocycles. The van der Waals surface area contributed by atoms with Gasteiger partial charge in [0.05, 0.1) is 0 Å². The van der Waals surface area contributed by atoms with Crippen molar-refractivity contribution in [3.05, 3.63) is 36.2 Å². The molecule has 4 N–H and O–H groups in total. The average Bonchev–Trinajstić information content (AvgIpc) is 2.03. The van der Waals surface area contributed by atoms with Gasteiger partial charge in [0.2, 0.25) is 0 Å². The van der Waals surface area contributed by atoms with E-state index < -0.39 is 0 Å². The zero-order valence-electron chi connectivity index (χ0n) is 6.20. The van der Waals surface area contributed by atoms with Gasteiger partial charge >= 0.3 is 0 Å². The van der Waals surface area contributed by atoms with Crippen LogP contribution < -0.4 is 11.5 Å². The molecule has 11 heavy (non-hydrogen) atoms. The Morgan fingerprint density at radius 3 is 3.00 bits per heavy atom. The second kappa shape index (κ2) is 3.61. The number of rotatable bonds is 2. The van der Waals surface area contributed by atoms with Crippen LogP contribution in [0, 0.1) is 0 Å². The number of aromatic nitrogens is 1. The van der Waals surface area contributed by atoms with E-state index in [1.807, 2.05) is 18.2 Å². The topological polar surface area (TPSA) is 64.9 Å². The van der Waals surface area contributed by atoms with Crippen LogP contribution in [0.4, 0.5) is 5.82 Å². The van der Waals surface area contributed by atoms with E-state index >= 15 is 0 Å². The second-order valence-corrected chi connectivity index (χ2v) is 2.18. The second-order valence-electron chi connectivity index (χ2n) is 2.18. The highest BCUT2D eigenvalue weighted by atomic mass is 14.8. The number of anilines is 1. The number of nitrogens with zero attached hydrogens (tertiary/aromatic N) is 1. The SMILES string of the molecule is NC=CCc1cccnc1N. The van der Waals surface area contributed by atoms with Crippen LogP contribution in [0.15, 0.2) is 30.6 Å². The number of pyridine rings is 1. The Morgan fingerprint density at radius 1 is 1.55 bits per heavy atom. The summed E-state index contributed by atoms with van der Waals surface area (Å²) >= 11 is 0. The van der Waals surface area contributed by atoms with Gasteiger partial charge in [0.1, 0.15) is 5.82 Å². The van der Waals surface area contributed by atoms with E-state index in [1.165, 1.54) is 6.20 Å². The molecule has 1 aromatic rings. The van der Waals surface area contributed by atoms with Gasteiger partial charge < -0.3 is 11.5 Å². The maximum atomic E-state index is 5.58. The minimum absolute atomic E-state index is 0.575. The number of nitrogens with two attached hydrogens (primary N) is 2. The number of nitrogen functional groups attached to an aromatic ring is 1. The Hall–Kier alpha value is -1.51. The van der Waals surface area contributed by atoms with E-state index in [0.29, 0.717) is 5.82 Å². The molecule has 0 unspecified atom stereocenters. The fraction of sp³-hybridized carbons (Fsp3) is 0.125. The minimum Gasteiger partial charge on any atom is -0.405 e. The summed E-state index contributed by atoms with van der Waals surface area (Å²) in [6.07, 6.45) is 5.76. The van der Waals surface area contributed by atoms with Gasteiger partial charge in [-0.05, 0) is 24.3 Å². The van der Waals surface area contributed by atoms with E-state index in [0.717, 1.165) is 12.0 Å². The molecule has 1 rings (SSSR count). The van der Waals surface area contributed by atoms with E-state index in [1.54, 1.807) is 6.20 Å². The lowest BCUT2D eigenvalue weighted by molar-refractivity contribution is 1.19. The van der Waals surface area contributed by atoms with E-state index in [2.05, 4.69) is 4.98 Å². The molecule has 0 saturated carbocycles. The maximum absolute atomic E-state index is 5.58. The fourth-order valence-electron chi connectivity index (χ4n) is 0.818. The predicted octanol–water partition coefficient (Wildman–Crippen LogP) is 0.679. The molecular formula is C8H11N3. The van der Waals surface area contributed by atoms with Gasteiger partial charge in [-0.1, -0.05) is 12.1 Å². The standard InChI is InChI=1S/C8H11N3/c9-5-1-3-7-4-2-6-11-8(7)10/h1-2,4-6H,3,9H2,(H2,10,11). The van der Waals surface area contributed by atoms with Gasteiger partial charge in [0.15, 0.2) is 0 Å². The highest BCUT2D eigenvalue weighted by molar-refractivity contribution is 5.39. The zero-order chi connectivity index (χ0) is 8.10. The third-order valence-electron chi connectivity index (χ3n) is 1.40. The molecule has 0 radical (unpaired) electrons. The molecule has 0 aromatic carbocycles. The summed E-state index contributed by atoms with van der Waals surface area (Å²) < 4.78 is 0. The Bertz CT molecular complexity index is 255. The minimum atomic E-state index is 0.575. The summed E-state index contributed by atoms with van der Waals surface area (Å²) in [5.74, 6) is 0.575. The summed E-state index contributed by atoms with van der Waals surface area (Å²) in [5, 5.41) is 0. The Kier molecular flexibility index (Phi) is 2.49. The molecule has 0 spiro atoms. The molecule has 0 saturated heterocycles. The lowest BCUT2D eigenvalue weighted by atomic mass is 10.2. The van der Waals surface area contributed by atoms with Gasteiger partial charge in [-0.3, -0.25) is 0 Å². The van der Waals surface area contributed by atoms with Crippen LogP contribution in [0.2, 0.25) is 0 Å². The highest BCUT2D eigenvalue weighted by Gasteiger charge is 1.93. The monoisotopic (exact) mass is 149 g/mol. The van der Waals surface area contributed by atoms with Crippen molar-refractivity contribution in [3.8, 4) is 0 Å². The quantitative estimate of drug-likeness (QED) is 0.649. The van der Waals surface area contributed by atoms with E-state index in [-0.39, 0.29) is 0 Å². The van der Waals surface area contributed by atoms with Gasteiger partial charge in [0, 0.05) is 6.20 Å². The fourth-order valence-corrected chi connectivity index (χ4v) is 0.818. The van der Waals surface area contributed by atoms with Gasteiger partial charge in [0.25, 0.3) is 0 Å². The molecule has 3 nitrogen and oxygen atoms in total. The predicted molar refractivity (Wildman–Crippen MR) is 45.7 cm³/mol. The van der Waals surface area contributed by atoms with Crippen LogP contribution in [-0.4, -0.2) is 4.98 Å². The molecular weight excluding hydrogens is 138 g/mol. The molecule has 0 fully saturated rings. The zero-order valence-corrected chi connectivity index (χ0v) is 6.20. The number of allylic oxidation sites excluding steroid dienone is 1. The van der Waals surface area contributed by atoms with Crippen LogP contribution in [0.25, 0.3) is 0 Å². The summed E-state index contributed by atoms with van der Waals surface area (Å²) in [6, 6.07) is 3.79. The van der Waals surface area contributed by atoms with Crippen LogP contribution in [0.3, 0.4) is 0 Å². The molecule has 0 bridgehead atoms. The first kappa shape index (κ1) is 7.60. The Labute approximate surface area is 65.7 Å². The van der Waals surface area contributed by atoms with Crippen molar-refractivity contribution in [2.45, 2.75) is 6.42 Å². The number of hydrogen-bond donors (Lipinski definition) is 2. The van der Waals surface area contributed by atoms with Gasteiger partial charge in [-0.25, -0.2) is 4.98 Å². The van der Waals surface area contributed by atoms with E-state index in [4.69, 9.17) is 11.5 Å². The maximum Gasteiger partial charge on any atom is 0.126 e. The van der Waals surface area contributed by atoms with Crippen molar-refractivity contribution < 1.29 is 0 Å². The Balaban J connectivity index is 2.77. The number of hydrogen-bond acceptors (Lipinski definition) is 3. The van der Waals surface area contributed by atoms with Crippen molar-refractivity contribution in [1.82, 2.24) is 4.98 Å². The summed E-state index contributed by atoms with van der Waals surface area (Å²) in [7, 11) is 0. The molecule has 58 valence electrons. The largest absolute Gasteiger partial charge is 0.405 e. The lowest BCUT2D eigenvalue weighted by Gasteiger charge is -1.98. The Morgan fingerprint density at radius 2 is 2.36 bits per heavy atom. The van der Waals surface area contributed by atoms with Crippen molar-refractivity contribution >= 4 is 5.82 Å². The average molecular weight is 149 g/mol. The van der Waals surface area contributed by atoms with Crippen molar-refractivity contribution in [1.29, 1.82) is 0 Å². The first-order chi connectivity index (χ1) is 5.34. The smallest absolute Gasteiger partial charge is 0.126 e.